The summed E-state index contributed by atoms with van der Waals surface area (Å²) in [5, 5.41) is 2.03. The predicted molar refractivity (Wildman–Crippen MR) is 84.4 cm³/mol. The molecule has 1 aliphatic heterocycles. The first-order chi connectivity index (χ1) is 10.2. The highest BCUT2D eigenvalue weighted by atomic mass is 79.9. The van der Waals surface area contributed by atoms with Gasteiger partial charge in [-0.05, 0) is 46.3 Å². The van der Waals surface area contributed by atoms with E-state index in [9.17, 15) is 4.79 Å². The molecule has 2 aromatic rings. The molecular formula is C15H16BrNO3S. The minimum Gasteiger partial charge on any atom is -0.457 e. The number of ether oxygens (including phenoxy) is 1. The lowest BCUT2D eigenvalue weighted by Crippen LogP contribution is -2.36. The third-order valence-corrected chi connectivity index (χ3v) is 4.99. The zero-order valence-electron chi connectivity index (χ0n) is 11.5. The Balaban J connectivity index is 1.77. The molecule has 0 aliphatic carbocycles. The molecule has 0 saturated carbocycles. The lowest BCUT2D eigenvalue weighted by Gasteiger charge is -2.24. The summed E-state index contributed by atoms with van der Waals surface area (Å²) in [5.74, 6) is -0.0282. The van der Waals surface area contributed by atoms with Crippen molar-refractivity contribution in [1.82, 2.24) is 4.90 Å². The number of hydrogen-bond acceptors (Lipinski definition) is 4. The summed E-state index contributed by atoms with van der Waals surface area (Å²) >= 11 is 4.94. The largest absolute Gasteiger partial charge is 0.457 e. The molecule has 1 aliphatic rings. The van der Waals surface area contributed by atoms with Crippen LogP contribution in [0.1, 0.15) is 28.1 Å². The number of rotatable bonds is 5. The Morgan fingerprint density at radius 2 is 2.38 bits per heavy atom. The Morgan fingerprint density at radius 3 is 3.00 bits per heavy atom. The summed E-state index contributed by atoms with van der Waals surface area (Å²) in [4.78, 5) is 15.7. The highest BCUT2D eigenvalue weighted by Crippen LogP contribution is 2.23. The molecule has 3 rings (SSSR count). The Hall–Kier alpha value is -1.11. The minimum atomic E-state index is -0.0282. The average molecular weight is 370 g/mol. The molecule has 112 valence electrons. The van der Waals surface area contributed by atoms with Crippen molar-refractivity contribution in [1.29, 1.82) is 0 Å². The number of amides is 1. The van der Waals surface area contributed by atoms with E-state index >= 15 is 0 Å². The maximum Gasteiger partial charge on any atom is 0.258 e. The molecule has 1 saturated heterocycles. The van der Waals surface area contributed by atoms with Gasteiger partial charge in [0.25, 0.3) is 5.91 Å². The summed E-state index contributed by atoms with van der Waals surface area (Å²) in [5.41, 5.74) is 0.560. The van der Waals surface area contributed by atoms with Crippen LogP contribution in [0.4, 0.5) is 0 Å². The Labute approximate surface area is 135 Å². The van der Waals surface area contributed by atoms with Crippen LogP contribution in [-0.4, -0.2) is 30.1 Å². The van der Waals surface area contributed by atoms with Crippen molar-refractivity contribution in [2.75, 3.05) is 13.2 Å². The van der Waals surface area contributed by atoms with Crippen LogP contribution in [0.2, 0.25) is 0 Å². The smallest absolute Gasteiger partial charge is 0.258 e. The molecule has 2 aromatic heterocycles. The molecule has 0 N–H and O–H groups in total. The second kappa shape index (κ2) is 6.77. The van der Waals surface area contributed by atoms with Gasteiger partial charge in [-0.25, -0.2) is 0 Å². The highest BCUT2D eigenvalue weighted by molar-refractivity contribution is 9.10. The van der Waals surface area contributed by atoms with Crippen molar-refractivity contribution >= 4 is 33.2 Å². The second-order valence-electron chi connectivity index (χ2n) is 5.01. The molecule has 1 amide bonds. The topological polar surface area (TPSA) is 42.7 Å². The number of thiophene rings is 1. The van der Waals surface area contributed by atoms with Gasteiger partial charge in [0.15, 0.2) is 4.67 Å². The molecule has 1 fully saturated rings. The number of nitrogens with zero attached hydrogens (tertiary/aromatic N) is 1. The monoisotopic (exact) mass is 369 g/mol. The summed E-state index contributed by atoms with van der Waals surface area (Å²) in [6.45, 7) is 2.02. The summed E-state index contributed by atoms with van der Waals surface area (Å²) in [7, 11) is 0. The number of hydrogen-bond donors (Lipinski definition) is 0. The fourth-order valence-corrected chi connectivity index (χ4v) is 3.59. The van der Waals surface area contributed by atoms with E-state index in [-0.39, 0.29) is 12.0 Å². The normalized spacial score (nSPS) is 18.0. The fraction of sp³-hybridized carbons (Fsp3) is 0.400. The first-order valence-corrected chi connectivity index (χ1v) is 8.57. The third-order valence-electron chi connectivity index (χ3n) is 3.51. The van der Waals surface area contributed by atoms with Crippen LogP contribution in [0.3, 0.4) is 0 Å². The molecule has 0 aromatic carbocycles. The Morgan fingerprint density at radius 1 is 1.48 bits per heavy atom. The fourth-order valence-electron chi connectivity index (χ4n) is 2.46. The number of carbonyl (C=O) groups excluding carboxylic acids is 1. The highest BCUT2D eigenvalue weighted by Gasteiger charge is 2.25. The van der Waals surface area contributed by atoms with Crippen LogP contribution in [0.25, 0.3) is 0 Å². The predicted octanol–water partition coefficient (Wildman–Crippen LogP) is 3.93. The van der Waals surface area contributed by atoms with Gasteiger partial charge in [0.05, 0.1) is 24.5 Å². The van der Waals surface area contributed by atoms with Gasteiger partial charge in [0.2, 0.25) is 0 Å². The maximum atomic E-state index is 12.7. The molecule has 6 heteroatoms. The van der Waals surface area contributed by atoms with Crippen LogP contribution in [0.15, 0.2) is 38.9 Å². The van der Waals surface area contributed by atoms with Gasteiger partial charge in [-0.15, -0.1) is 11.3 Å². The Kier molecular flexibility index (Phi) is 4.77. The molecule has 0 bridgehead atoms. The Bertz CT molecular complexity index is 590. The summed E-state index contributed by atoms with van der Waals surface area (Å²) in [6.07, 6.45) is 3.74. The van der Waals surface area contributed by atoms with Crippen molar-refractivity contribution in [3.05, 3.63) is 45.0 Å². The molecule has 0 radical (unpaired) electrons. The van der Waals surface area contributed by atoms with Gasteiger partial charge in [0, 0.05) is 18.0 Å². The molecule has 1 atom stereocenters. The number of furan rings is 1. The molecule has 0 spiro atoms. The lowest BCUT2D eigenvalue weighted by molar-refractivity contribution is 0.0508. The molecule has 1 unspecified atom stereocenters. The second-order valence-corrected chi connectivity index (χ2v) is 6.76. The van der Waals surface area contributed by atoms with E-state index in [1.165, 1.54) is 11.1 Å². The first kappa shape index (κ1) is 14.8. The van der Waals surface area contributed by atoms with E-state index < -0.39 is 0 Å². The van der Waals surface area contributed by atoms with Crippen LogP contribution in [0.5, 0.6) is 0 Å². The van der Waals surface area contributed by atoms with Gasteiger partial charge >= 0.3 is 0 Å². The molecular weight excluding hydrogens is 354 g/mol. The van der Waals surface area contributed by atoms with Crippen molar-refractivity contribution in [2.24, 2.45) is 0 Å². The van der Waals surface area contributed by atoms with E-state index in [2.05, 4.69) is 15.9 Å². The molecule has 3 heterocycles. The van der Waals surface area contributed by atoms with Gasteiger partial charge in [-0.1, -0.05) is 6.07 Å². The zero-order chi connectivity index (χ0) is 14.7. The van der Waals surface area contributed by atoms with Crippen molar-refractivity contribution in [3.8, 4) is 0 Å². The first-order valence-electron chi connectivity index (χ1n) is 6.90. The number of carbonyl (C=O) groups is 1. The van der Waals surface area contributed by atoms with Crippen molar-refractivity contribution in [3.63, 3.8) is 0 Å². The van der Waals surface area contributed by atoms with Crippen LogP contribution < -0.4 is 0 Å². The van der Waals surface area contributed by atoms with Crippen LogP contribution in [0, 0.1) is 0 Å². The molecule has 4 nitrogen and oxygen atoms in total. The molecule has 21 heavy (non-hydrogen) atoms. The minimum absolute atomic E-state index is 0.0282. The zero-order valence-corrected chi connectivity index (χ0v) is 13.9. The van der Waals surface area contributed by atoms with Gasteiger partial charge in [0.1, 0.15) is 0 Å². The van der Waals surface area contributed by atoms with E-state index in [0.717, 1.165) is 19.4 Å². The van der Waals surface area contributed by atoms with Gasteiger partial charge in [-0.2, -0.15) is 0 Å². The standard InChI is InChI=1S/C15H16BrNO3S/c16-14-13(5-7-20-14)15(18)17(9-11-3-1-6-19-11)10-12-4-2-8-21-12/h2,4-5,7-8,11H,1,3,6,9-10H2. The van der Waals surface area contributed by atoms with Crippen LogP contribution >= 0.6 is 27.3 Å². The van der Waals surface area contributed by atoms with Gasteiger partial charge in [-0.3, -0.25) is 4.79 Å². The summed E-state index contributed by atoms with van der Waals surface area (Å²) < 4.78 is 11.3. The van der Waals surface area contributed by atoms with E-state index in [1.807, 2.05) is 22.4 Å². The quantitative estimate of drug-likeness (QED) is 0.801. The van der Waals surface area contributed by atoms with Crippen LogP contribution in [-0.2, 0) is 11.3 Å². The van der Waals surface area contributed by atoms with Gasteiger partial charge < -0.3 is 14.1 Å². The lowest BCUT2D eigenvalue weighted by atomic mass is 10.2. The van der Waals surface area contributed by atoms with Crippen molar-refractivity contribution < 1.29 is 13.9 Å². The summed E-state index contributed by atoms with van der Waals surface area (Å²) in [6, 6.07) is 5.75. The van der Waals surface area contributed by atoms with E-state index in [1.54, 1.807) is 17.4 Å². The van der Waals surface area contributed by atoms with E-state index in [4.69, 9.17) is 9.15 Å². The SMILES string of the molecule is O=C(c1ccoc1Br)N(Cc1cccs1)CC1CCCO1. The third kappa shape index (κ3) is 3.56. The van der Waals surface area contributed by atoms with E-state index in [0.29, 0.717) is 23.3 Å². The number of halogens is 1. The average Bonchev–Trinajstić information content (AvgIpc) is 3.19. The maximum absolute atomic E-state index is 12.7. The van der Waals surface area contributed by atoms with Crippen molar-refractivity contribution in [2.45, 2.75) is 25.5 Å².